The largest absolute Gasteiger partial charge is 0.471 e. The van der Waals surface area contributed by atoms with Gasteiger partial charge in [0.15, 0.2) is 0 Å². The highest BCUT2D eigenvalue weighted by atomic mass is 32.3. The van der Waals surface area contributed by atoms with Crippen molar-refractivity contribution >= 4 is 10.2 Å². The Morgan fingerprint density at radius 2 is 1.30 bits per heavy atom. The lowest BCUT2D eigenvalue weighted by atomic mass is 10.3. The quantitative estimate of drug-likeness (QED) is 0.633. The Hall–Kier alpha value is -1.52. The summed E-state index contributed by atoms with van der Waals surface area (Å²) in [5.74, 6) is -0.906. The van der Waals surface area contributed by atoms with Crippen LogP contribution in [0.4, 0.5) is 30.2 Å². The van der Waals surface area contributed by atoms with E-state index in [4.69, 9.17) is 0 Å². The molecule has 0 saturated heterocycles. The first-order valence-corrected chi connectivity index (χ1v) is 6.05. The Balaban J connectivity index is 3.02. The molecular weight excluding hydrogens is 321 g/mol. The normalized spacial score (nSPS) is 13.6. The van der Waals surface area contributed by atoms with Crippen molar-refractivity contribution in [2.45, 2.75) is 23.4 Å². The molecule has 0 radical (unpaired) electrons. The zero-order valence-electron chi connectivity index (χ0n) is 9.17. The zero-order valence-corrected chi connectivity index (χ0v) is 9.98. The fourth-order valence-corrected chi connectivity index (χ4v) is 1.60. The maximum atomic E-state index is 12.5. The molecule has 0 saturated carbocycles. The van der Waals surface area contributed by atoms with E-state index in [0.29, 0.717) is 24.3 Å². The molecule has 0 bridgehead atoms. The maximum absolute atomic E-state index is 12.5. The fourth-order valence-electron chi connectivity index (χ4n) is 1.14. The highest BCUT2D eigenvalue weighted by Crippen LogP contribution is 2.36. The van der Waals surface area contributed by atoms with Crippen molar-refractivity contribution in [1.29, 1.82) is 0 Å². The summed E-state index contributed by atoms with van der Waals surface area (Å²) < 4.78 is 110. The third kappa shape index (κ3) is 4.25. The van der Waals surface area contributed by atoms with E-state index in [1.54, 1.807) is 0 Å². The first kappa shape index (κ1) is 16.5. The summed E-state index contributed by atoms with van der Waals surface area (Å²) in [4.78, 5) is -0.916. The number of benzene rings is 1. The molecule has 0 aromatic heterocycles. The molecule has 114 valence electrons. The van der Waals surface area contributed by atoms with E-state index in [9.17, 15) is 38.6 Å². The van der Waals surface area contributed by atoms with Crippen LogP contribution in [-0.2, 0) is 10.2 Å². The number of hydrogen-bond donors (Lipinski definition) is 0. The Labute approximate surface area is 108 Å². The number of rotatable bonds is 3. The number of ether oxygens (including phenoxy) is 1. The lowest BCUT2D eigenvalue weighted by Gasteiger charge is -2.23. The van der Waals surface area contributed by atoms with Gasteiger partial charge in [-0.15, -0.1) is 3.89 Å². The molecule has 0 heterocycles. The fraction of sp³-hybridized carbons (Fsp3) is 0.333. The highest BCUT2D eigenvalue weighted by Gasteiger charge is 2.59. The molecule has 0 aliphatic carbocycles. The average Bonchev–Trinajstić information content (AvgIpc) is 2.22. The van der Waals surface area contributed by atoms with Gasteiger partial charge in [-0.05, 0) is 24.3 Å². The van der Waals surface area contributed by atoms with Crippen molar-refractivity contribution in [2.75, 3.05) is 0 Å². The Kier molecular flexibility index (Phi) is 4.22. The lowest BCUT2D eigenvalue weighted by molar-refractivity contribution is -0.299. The second-order valence-electron chi connectivity index (χ2n) is 3.49. The van der Waals surface area contributed by atoms with E-state index in [1.807, 2.05) is 0 Å². The second kappa shape index (κ2) is 5.11. The molecular formula is C9H5F7O3S. The smallest absolute Gasteiger partial charge is 0.434 e. The molecule has 3 nitrogen and oxygen atoms in total. The van der Waals surface area contributed by atoms with Gasteiger partial charge in [0.2, 0.25) is 0 Å². The summed E-state index contributed by atoms with van der Waals surface area (Å²) in [6.45, 7) is 0. The van der Waals surface area contributed by atoms with E-state index < -0.39 is 39.3 Å². The zero-order chi connectivity index (χ0) is 15.8. The summed E-state index contributed by atoms with van der Waals surface area (Å²) in [5.41, 5.74) is 0. The van der Waals surface area contributed by atoms with E-state index in [2.05, 4.69) is 4.74 Å². The van der Waals surface area contributed by atoms with Crippen molar-refractivity contribution in [3.05, 3.63) is 24.3 Å². The van der Waals surface area contributed by atoms with Gasteiger partial charge < -0.3 is 4.74 Å². The van der Waals surface area contributed by atoms with Crippen LogP contribution >= 0.6 is 0 Å². The number of alkyl halides is 6. The molecule has 0 spiro atoms. The van der Waals surface area contributed by atoms with Gasteiger partial charge in [-0.25, -0.2) is 0 Å². The predicted octanol–water partition coefficient (Wildman–Crippen LogP) is 3.22. The van der Waals surface area contributed by atoms with E-state index in [0.717, 1.165) is 0 Å². The van der Waals surface area contributed by atoms with E-state index in [1.165, 1.54) is 0 Å². The standard InChI is InChI=1S/C9H5F7O3S/c10-8(11,12)7(9(13,14)15)19-5-1-3-6(4-2-5)20(16,17)18/h1-4,7H. The first-order valence-electron chi connectivity index (χ1n) is 4.66. The van der Waals surface area contributed by atoms with Crippen molar-refractivity contribution in [1.82, 2.24) is 0 Å². The van der Waals surface area contributed by atoms with Gasteiger partial charge in [0.25, 0.3) is 6.10 Å². The Bertz CT molecular complexity index is 545. The monoisotopic (exact) mass is 326 g/mol. The van der Waals surface area contributed by atoms with Crippen LogP contribution in [0.3, 0.4) is 0 Å². The molecule has 1 aromatic carbocycles. The van der Waals surface area contributed by atoms with Crippen molar-refractivity contribution < 1.29 is 43.4 Å². The topological polar surface area (TPSA) is 43.4 Å². The van der Waals surface area contributed by atoms with Gasteiger partial charge >= 0.3 is 22.6 Å². The average molecular weight is 326 g/mol. The summed E-state index contributed by atoms with van der Waals surface area (Å²) in [6, 6.07) is 1.93. The minimum absolute atomic E-state index is 0.481. The van der Waals surface area contributed by atoms with Crippen LogP contribution in [-0.4, -0.2) is 26.9 Å². The third-order valence-corrected chi connectivity index (χ3v) is 2.79. The van der Waals surface area contributed by atoms with Gasteiger partial charge in [-0.3, -0.25) is 0 Å². The van der Waals surface area contributed by atoms with Crippen molar-refractivity contribution in [3.63, 3.8) is 0 Å². The number of halogens is 7. The highest BCUT2D eigenvalue weighted by molar-refractivity contribution is 7.86. The van der Waals surface area contributed by atoms with Crippen LogP contribution in [0.15, 0.2) is 29.2 Å². The first-order chi connectivity index (χ1) is 8.82. The van der Waals surface area contributed by atoms with Gasteiger partial charge in [0, 0.05) is 0 Å². The molecule has 0 aliphatic rings. The Morgan fingerprint density at radius 3 is 1.60 bits per heavy atom. The van der Waals surface area contributed by atoms with Gasteiger partial charge in [-0.1, -0.05) is 0 Å². The van der Waals surface area contributed by atoms with E-state index >= 15 is 0 Å². The van der Waals surface area contributed by atoms with Gasteiger partial charge in [0.05, 0.1) is 4.90 Å². The third-order valence-electron chi connectivity index (χ3n) is 1.95. The maximum Gasteiger partial charge on any atom is 0.434 e. The molecule has 0 amide bonds. The Morgan fingerprint density at radius 1 is 0.900 bits per heavy atom. The van der Waals surface area contributed by atoms with Crippen LogP contribution < -0.4 is 4.74 Å². The minimum Gasteiger partial charge on any atom is -0.471 e. The molecule has 0 unspecified atom stereocenters. The second-order valence-corrected chi connectivity index (χ2v) is 4.84. The minimum atomic E-state index is -5.71. The van der Waals surface area contributed by atoms with Gasteiger partial charge in [0.1, 0.15) is 5.75 Å². The van der Waals surface area contributed by atoms with E-state index in [-0.39, 0.29) is 0 Å². The summed E-state index contributed by atoms with van der Waals surface area (Å²) in [7, 11) is -5.10. The summed E-state index contributed by atoms with van der Waals surface area (Å²) in [5, 5.41) is 0. The van der Waals surface area contributed by atoms with Crippen LogP contribution in [0.25, 0.3) is 0 Å². The molecule has 1 aromatic rings. The summed E-state index contributed by atoms with van der Waals surface area (Å²) >= 11 is 0. The lowest BCUT2D eigenvalue weighted by Crippen LogP contribution is -2.46. The summed E-state index contributed by atoms with van der Waals surface area (Å²) in [6.07, 6.45) is -15.5. The van der Waals surface area contributed by atoms with Gasteiger partial charge in [-0.2, -0.15) is 34.8 Å². The molecule has 1 rings (SSSR count). The SMILES string of the molecule is O=S(=O)(F)c1ccc(OC(C(F)(F)F)C(F)(F)F)cc1. The van der Waals surface area contributed by atoms with Crippen molar-refractivity contribution in [2.24, 2.45) is 0 Å². The van der Waals surface area contributed by atoms with Crippen LogP contribution in [0.2, 0.25) is 0 Å². The molecule has 0 fully saturated rings. The van der Waals surface area contributed by atoms with Crippen LogP contribution in [0, 0.1) is 0 Å². The van der Waals surface area contributed by atoms with Crippen LogP contribution in [0.5, 0.6) is 5.75 Å². The molecule has 0 N–H and O–H groups in total. The molecule has 20 heavy (non-hydrogen) atoms. The van der Waals surface area contributed by atoms with Crippen molar-refractivity contribution in [3.8, 4) is 5.75 Å². The molecule has 11 heteroatoms. The number of hydrogen-bond acceptors (Lipinski definition) is 3. The van der Waals surface area contributed by atoms with Crippen LogP contribution in [0.1, 0.15) is 0 Å². The molecule has 0 aliphatic heterocycles. The predicted molar refractivity (Wildman–Crippen MR) is 51.3 cm³/mol. The molecule has 0 atom stereocenters.